The quantitative estimate of drug-likeness (QED) is 0.0196. The summed E-state index contributed by atoms with van der Waals surface area (Å²) in [5.74, 6) is -1.99. The minimum Gasteiger partial charge on any atom is -0.462 e. The van der Waals surface area contributed by atoms with Crippen molar-refractivity contribution >= 4 is 22.1 Å². The molecule has 376 valence electrons. The van der Waals surface area contributed by atoms with Crippen LogP contribution in [0.2, 0.25) is 0 Å². The van der Waals surface area contributed by atoms with Crippen LogP contribution >= 0.6 is 0 Å². The van der Waals surface area contributed by atoms with Gasteiger partial charge in [0, 0.05) is 12.8 Å². The Hall–Kier alpha value is -1.87. The highest BCUT2D eigenvalue weighted by atomic mass is 32.2. The Morgan fingerprint density at radius 2 is 0.953 bits per heavy atom. The van der Waals surface area contributed by atoms with Gasteiger partial charge < -0.3 is 34.3 Å². The number of ether oxygens (including phenoxy) is 4. The van der Waals surface area contributed by atoms with Crippen LogP contribution in [0.4, 0.5) is 0 Å². The number of carbonyl (C=O) groups is 2. The molecule has 0 aromatic carbocycles. The van der Waals surface area contributed by atoms with E-state index in [1.165, 1.54) is 128 Å². The maximum atomic E-state index is 12.8. The summed E-state index contributed by atoms with van der Waals surface area (Å²) in [6.07, 6.45) is 38.0. The van der Waals surface area contributed by atoms with Gasteiger partial charge in [-0.3, -0.25) is 14.1 Å². The number of aliphatic hydroxyl groups excluding tert-OH is 3. The van der Waals surface area contributed by atoms with Crippen molar-refractivity contribution in [2.45, 2.75) is 269 Å². The highest BCUT2D eigenvalue weighted by Crippen LogP contribution is 2.24. The van der Waals surface area contributed by atoms with Crippen molar-refractivity contribution in [2.75, 3.05) is 19.0 Å². The van der Waals surface area contributed by atoms with E-state index in [0.29, 0.717) is 12.8 Å². The first-order valence-electron chi connectivity index (χ1n) is 25.9. The van der Waals surface area contributed by atoms with Crippen LogP contribution in [0.15, 0.2) is 24.3 Å². The molecule has 0 spiro atoms. The molecule has 1 fully saturated rings. The highest BCUT2D eigenvalue weighted by Gasteiger charge is 2.46. The number of carbonyl (C=O) groups excluding carboxylic acids is 2. The number of aliphatic hydroxyl groups is 3. The van der Waals surface area contributed by atoms with Gasteiger partial charge in [0.15, 0.2) is 12.4 Å². The molecule has 0 saturated carbocycles. The Labute approximate surface area is 389 Å². The fraction of sp³-hybridized carbons (Fsp3) is 0.882. The molecular formula is C51H94O12S. The molecule has 0 aromatic heterocycles. The molecule has 0 aromatic rings. The van der Waals surface area contributed by atoms with Gasteiger partial charge in [-0.15, -0.1) is 0 Å². The monoisotopic (exact) mass is 931 g/mol. The SMILES string of the molecule is CCCC/C=C\C/C=C\CCCCCCCC(=O)OC(COC(=O)CCCCCCCCCCCCCCCCCCCCCCCC)COC1OC(CS(=O)(=O)O)C(O)C(O)C1O. The first kappa shape index (κ1) is 60.1. The lowest BCUT2D eigenvalue weighted by atomic mass is 10.00. The zero-order valence-electron chi connectivity index (χ0n) is 40.4. The molecule has 6 unspecified atom stereocenters. The van der Waals surface area contributed by atoms with Gasteiger partial charge >= 0.3 is 11.9 Å². The number of rotatable bonds is 44. The van der Waals surface area contributed by atoms with E-state index in [9.17, 15) is 37.9 Å². The van der Waals surface area contributed by atoms with E-state index >= 15 is 0 Å². The van der Waals surface area contributed by atoms with Crippen LogP contribution in [-0.4, -0.2) is 96.0 Å². The minimum atomic E-state index is -4.60. The standard InChI is InChI=1S/C51H94O12S/c1-3-5-7-9-11-13-15-17-19-20-21-22-23-24-25-26-28-29-31-33-35-37-39-46(52)60-41-44(42-61-51-50(56)49(55)48(54)45(63-51)43-64(57,58)59)62-47(53)40-38-36-34-32-30-27-18-16-14-12-10-8-6-4-2/h10,12,16,18,44-45,48-51,54-56H,3-9,11,13-15,17,19-43H2,1-2H3,(H,57,58,59)/b12-10-,18-16-. The second-order valence-electron chi connectivity index (χ2n) is 18.2. The van der Waals surface area contributed by atoms with Crippen LogP contribution in [0.5, 0.6) is 0 Å². The van der Waals surface area contributed by atoms with E-state index in [-0.39, 0.29) is 19.4 Å². The smallest absolute Gasteiger partial charge is 0.306 e. The molecule has 1 saturated heterocycles. The average Bonchev–Trinajstić information content (AvgIpc) is 3.26. The van der Waals surface area contributed by atoms with Gasteiger partial charge in [-0.2, -0.15) is 8.42 Å². The first-order chi connectivity index (χ1) is 31.0. The third-order valence-corrected chi connectivity index (χ3v) is 12.8. The van der Waals surface area contributed by atoms with E-state index < -0.39 is 71.2 Å². The molecule has 6 atom stereocenters. The summed E-state index contributed by atoms with van der Waals surface area (Å²) >= 11 is 0. The molecule has 0 radical (unpaired) electrons. The predicted molar refractivity (Wildman–Crippen MR) is 256 cm³/mol. The lowest BCUT2D eigenvalue weighted by molar-refractivity contribution is -0.297. The van der Waals surface area contributed by atoms with Gasteiger partial charge in [0.25, 0.3) is 10.1 Å². The summed E-state index contributed by atoms with van der Waals surface area (Å²) in [7, 11) is -4.60. The van der Waals surface area contributed by atoms with Crippen molar-refractivity contribution in [2.24, 2.45) is 0 Å². The Morgan fingerprint density at radius 3 is 1.42 bits per heavy atom. The number of unbranched alkanes of at least 4 members (excludes halogenated alkanes) is 28. The van der Waals surface area contributed by atoms with Gasteiger partial charge in [-0.1, -0.05) is 205 Å². The molecule has 1 aliphatic rings. The van der Waals surface area contributed by atoms with Gasteiger partial charge in [-0.25, -0.2) is 0 Å². The second kappa shape index (κ2) is 41.3. The molecule has 0 aliphatic carbocycles. The van der Waals surface area contributed by atoms with Gasteiger partial charge in [-0.05, 0) is 38.5 Å². The topological polar surface area (TPSA) is 186 Å². The van der Waals surface area contributed by atoms with Gasteiger partial charge in [0.1, 0.15) is 36.8 Å². The summed E-state index contributed by atoms with van der Waals surface area (Å²) in [5, 5.41) is 30.9. The van der Waals surface area contributed by atoms with Crippen LogP contribution in [0, 0.1) is 0 Å². The molecular weight excluding hydrogens is 837 g/mol. The van der Waals surface area contributed by atoms with Crippen molar-refractivity contribution in [3.63, 3.8) is 0 Å². The molecule has 1 aliphatic heterocycles. The van der Waals surface area contributed by atoms with E-state index in [1.54, 1.807) is 0 Å². The lowest BCUT2D eigenvalue weighted by Gasteiger charge is -2.40. The van der Waals surface area contributed by atoms with Gasteiger partial charge in [0.05, 0.1) is 6.61 Å². The second-order valence-corrected chi connectivity index (χ2v) is 19.7. The fourth-order valence-electron chi connectivity index (χ4n) is 7.99. The van der Waals surface area contributed by atoms with Crippen LogP contribution in [-0.2, 0) is 38.7 Å². The molecule has 64 heavy (non-hydrogen) atoms. The van der Waals surface area contributed by atoms with Crippen molar-refractivity contribution in [3.05, 3.63) is 24.3 Å². The predicted octanol–water partition coefficient (Wildman–Crippen LogP) is 11.6. The van der Waals surface area contributed by atoms with Crippen molar-refractivity contribution in [1.82, 2.24) is 0 Å². The van der Waals surface area contributed by atoms with Crippen molar-refractivity contribution in [1.29, 1.82) is 0 Å². The first-order valence-corrected chi connectivity index (χ1v) is 27.5. The van der Waals surface area contributed by atoms with Crippen molar-refractivity contribution < 1.29 is 56.8 Å². The summed E-state index contributed by atoms with van der Waals surface area (Å²) in [4.78, 5) is 25.5. The number of esters is 2. The van der Waals surface area contributed by atoms with Crippen LogP contribution in [0.25, 0.3) is 0 Å². The lowest BCUT2D eigenvalue weighted by Crippen LogP contribution is -2.60. The average molecular weight is 931 g/mol. The summed E-state index contributed by atoms with van der Waals surface area (Å²) in [6.45, 7) is 3.74. The maximum absolute atomic E-state index is 12.8. The molecule has 1 heterocycles. The maximum Gasteiger partial charge on any atom is 0.306 e. The zero-order valence-corrected chi connectivity index (χ0v) is 41.2. The number of allylic oxidation sites excluding steroid dienone is 4. The molecule has 0 bridgehead atoms. The Kier molecular flexibility index (Phi) is 38.8. The van der Waals surface area contributed by atoms with E-state index in [0.717, 1.165) is 64.2 Å². The zero-order chi connectivity index (χ0) is 46.9. The minimum absolute atomic E-state index is 0.151. The highest BCUT2D eigenvalue weighted by molar-refractivity contribution is 7.85. The Bertz CT molecular complexity index is 1270. The van der Waals surface area contributed by atoms with Gasteiger partial charge in [0.2, 0.25) is 0 Å². The fourth-order valence-corrected chi connectivity index (χ4v) is 8.68. The molecule has 4 N–H and O–H groups in total. The summed E-state index contributed by atoms with van der Waals surface area (Å²) in [5.41, 5.74) is 0. The summed E-state index contributed by atoms with van der Waals surface area (Å²) in [6, 6.07) is 0. The molecule has 12 nitrogen and oxygen atoms in total. The van der Waals surface area contributed by atoms with E-state index in [4.69, 9.17) is 18.9 Å². The van der Waals surface area contributed by atoms with E-state index in [1.807, 2.05) is 0 Å². The normalized spacial score (nSPS) is 19.8. The Balaban J connectivity index is 2.33. The number of hydrogen-bond acceptors (Lipinski definition) is 11. The number of hydrogen-bond donors (Lipinski definition) is 4. The largest absolute Gasteiger partial charge is 0.462 e. The third kappa shape index (κ3) is 35.3. The molecule has 13 heteroatoms. The summed E-state index contributed by atoms with van der Waals surface area (Å²) < 4.78 is 54.2. The molecule has 0 amide bonds. The Morgan fingerprint density at radius 1 is 0.531 bits per heavy atom. The van der Waals surface area contributed by atoms with Crippen molar-refractivity contribution in [3.8, 4) is 0 Å². The third-order valence-electron chi connectivity index (χ3n) is 12.0. The molecule has 1 rings (SSSR count). The van der Waals surface area contributed by atoms with Crippen LogP contribution in [0.3, 0.4) is 0 Å². The van der Waals surface area contributed by atoms with E-state index in [2.05, 4.69) is 38.2 Å². The van der Waals surface area contributed by atoms with Crippen LogP contribution < -0.4 is 0 Å². The van der Waals surface area contributed by atoms with Crippen LogP contribution in [0.1, 0.15) is 232 Å².